The average Bonchev–Trinajstić information content (AvgIpc) is 2.07. The first-order chi connectivity index (χ1) is 6.50. The van der Waals surface area contributed by atoms with Crippen molar-refractivity contribution in [2.45, 2.75) is 13.8 Å². The monoisotopic (exact) mass is 192 g/mol. The van der Waals surface area contributed by atoms with Gasteiger partial charge in [0, 0.05) is 18.2 Å². The number of hydrogen-bond donors (Lipinski definition) is 2. The third-order valence-electron chi connectivity index (χ3n) is 1.73. The Balaban J connectivity index is 3.14. The van der Waals surface area contributed by atoms with Gasteiger partial charge in [0.15, 0.2) is 5.78 Å². The summed E-state index contributed by atoms with van der Waals surface area (Å²) in [4.78, 5) is 22.0. The van der Waals surface area contributed by atoms with Crippen molar-refractivity contribution in [3.8, 4) is 0 Å². The second-order valence-corrected chi connectivity index (χ2v) is 3.04. The van der Waals surface area contributed by atoms with E-state index in [2.05, 4.69) is 5.32 Å². The van der Waals surface area contributed by atoms with Gasteiger partial charge in [0.2, 0.25) is 5.91 Å². The Morgan fingerprint density at radius 3 is 2.43 bits per heavy atom. The highest BCUT2D eigenvalue weighted by molar-refractivity contribution is 6.04. The molecule has 0 saturated carbocycles. The number of nitrogens with one attached hydrogen (secondary N) is 1. The number of carbonyl (C=O) groups excluding carboxylic acids is 2. The number of nitrogens with two attached hydrogens (primary N) is 1. The van der Waals surface area contributed by atoms with Crippen LogP contribution in [-0.2, 0) is 4.79 Å². The summed E-state index contributed by atoms with van der Waals surface area (Å²) >= 11 is 0. The third-order valence-corrected chi connectivity index (χ3v) is 1.73. The fourth-order valence-corrected chi connectivity index (χ4v) is 1.15. The van der Waals surface area contributed by atoms with Crippen LogP contribution >= 0.6 is 0 Å². The predicted octanol–water partition coefficient (Wildman–Crippen LogP) is 1.43. The first-order valence-electron chi connectivity index (χ1n) is 4.18. The Bertz CT molecular complexity index is 386. The normalized spacial score (nSPS) is 9.57. The Kier molecular flexibility index (Phi) is 2.86. The average molecular weight is 192 g/mol. The highest BCUT2D eigenvalue weighted by atomic mass is 16.1. The molecule has 0 heterocycles. The molecule has 1 aromatic rings. The van der Waals surface area contributed by atoms with E-state index in [0.29, 0.717) is 16.9 Å². The third kappa shape index (κ3) is 2.32. The molecule has 0 unspecified atom stereocenters. The maximum absolute atomic E-state index is 11.2. The van der Waals surface area contributed by atoms with Crippen molar-refractivity contribution < 1.29 is 9.59 Å². The number of carbonyl (C=O) groups is 2. The Morgan fingerprint density at radius 2 is 1.93 bits per heavy atom. The Morgan fingerprint density at radius 1 is 1.29 bits per heavy atom. The van der Waals surface area contributed by atoms with Crippen molar-refractivity contribution in [2.24, 2.45) is 0 Å². The van der Waals surface area contributed by atoms with E-state index in [1.54, 1.807) is 18.2 Å². The lowest BCUT2D eigenvalue weighted by molar-refractivity contribution is -0.114. The minimum atomic E-state index is -0.211. The lowest BCUT2D eigenvalue weighted by Gasteiger charge is -2.07. The van der Waals surface area contributed by atoms with E-state index in [-0.39, 0.29) is 11.7 Å². The lowest BCUT2D eigenvalue weighted by atomic mass is 10.1. The molecule has 14 heavy (non-hydrogen) atoms. The van der Waals surface area contributed by atoms with Crippen molar-refractivity contribution >= 4 is 23.1 Å². The Labute approximate surface area is 82.1 Å². The molecule has 1 aromatic carbocycles. The molecule has 0 aromatic heterocycles. The Hall–Kier alpha value is -1.84. The number of benzene rings is 1. The molecule has 0 spiro atoms. The van der Waals surface area contributed by atoms with Gasteiger partial charge in [-0.05, 0) is 25.1 Å². The van der Waals surface area contributed by atoms with Gasteiger partial charge in [-0.3, -0.25) is 9.59 Å². The first kappa shape index (κ1) is 10.2. The van der Waals surface area contributed by atoms with Crippen molar-refractivity contribution in [3.63, 3.8) is 0 Å². The van der Waals surface area contributed by atoms with E-state index in [1.807, 2.05) is 0 Å². The molecule has 0 atom stereocenters. The molecule has 0 saturated heterocycles. The van der Waals surface area contributed by atoms with Crippen molar-refractivity contribution in [2.75, 3.05) is 11.1 Å². The quantitative estimate of drug-likeness (QED) is 0.550. The van der Waals surface area contributed by atoms with Gasteiger partial charge in [0.05, 0.1) is 5.69 Å². The van der Waals surface area contributed by atoms with Crippen LogP contribution in [0.3, 0.4) is 0 Å². The van der Waals surface area contributed by atoms with E-state index < -0.39 is 0 Å². The number of hydrogen-bond acceptors (Lipinski definition) is 3. The molecule has 1 rings (SSSR count). The summed E-state index contributed by atoms with van der Waals surface area (Å²) in [5.41, 5.74) is 6.97. The van der Waals surface area contributed by atoms with Crippen LogP contribution in [0, 0.1) is 0 Å². The largest absolute Gasteiger partial charge is 0.399 e. The van der Waals surface area contributed by atoms with Gasteiger partial charge in [-0.1, -0.05) is 0 Å². The van der Waals surface area contributed by atoms with Crippen LogP contribution in [0.2, 0.25) is 0 Å². The first-order valence-corrected chi connectivity index (χ1v) is 4.18. The van der Waals surface area contributed by atoms with Gasteiger partial charge in [-0.15, -0.1) is 0 Å². The fraction of sp³-hybridized carbons (Fsp3) is 0.200. The summed E-state index contributed by atoms with van der Waals surface area (Å²) in [7, 11) is 0. The molecule has 0 aliphatic carbocycles. The van der Waals surface area contributed by atoms with E-state index >= 15 is 0 Å². The summed E-state index contributed by atoms with van der Waals surface area (Å²) < 4.78 is 0. The zero-order valence-corrected chi connectivity index (χ0v) is 8.13. The summed E-state index contributed by atoms with van der Waals surface area (Å²) in [5.74, 6) is -0.335. The maximum Gasteiger partial charge on any atom is 0.221 e. The molecule has 0 aliphatic heterocycles. The van der Waals surface area contributed by atoms with Gasteiger partial charge in [-0.25, -0.2) is 0 Å². The van der Waals surface area contributed by atoms with Crippen molar-refractivity contribution in [3.05, 3.63) is 23.8 Å². The molecular weight excluding hydrogens is 180 g/mol. The molecule has 1 amide bonds. The maximum atomic E-state index is 11.2. The van der Waals surface area contributed by atoms with E-state index in [9.17, 15) is 9.59 Å². The fourth-order valence-electron chi connectivity index (χ4n) is 1.15. The molecule has 0 aliphatic rings. The molecule has 3 N–H and O–H groups in total. The summed E-state index contributed by atoms with van der Waals surface area (Å²) in [6.07, 6.45) is 0. The molecule has 4 heteroatoms. The molecule has 0 fully saturated rings. The second-order valence-electron chi connectivity index (χ2n) is 3.04. The summed E-state index contributed by atoms with van der Waals surface area (Å²) in [6, 6.07) is 4.80. The number of ketones is 1. The predicted molar refractivity (Wildman–Crippen MR) is 55.2 cm³/mol. The molecule has 0 bridgehead atoms. The van der Waals surface area contributed by atoms with Crippen LogP contribution in [0.15, 0.2) is 18.2 Å². The number of nitrogen functional groups attached to an aromatic ring is 1. The zero-order valence-electron chi connectivity index (χ0n) is 8.13. The molecule has 4 nitrogen and oxygen atoms in total. The standard InChI is InChI=1S/C10H12N2O2/c1-6(13)9-5-8(11)3-4-10(9)12-7(2)14/h3-5H,11H2,1-2H3,(H,12,14). The van der Waals surface area contributed by atoms with Crippen LogP contribution in [-0.4, -0.2) is 11.7 Å². The van der Waals surface area contributed by atoms with Gasteiger partial charge in [0.25, 0.3) is 0 Å². The lowest BCUT2D eigenvalue weighted by Crippen LogP contribution is -2.10. The number of amides is 1. The van der Waals surface area contributed by atoms with E-state index in [0.717, 1.165) is 0 Å². The summed E-state index contributed by atoms with van der Waals surface area (Å²) in [5, 5.41) is 2.57. The van der Waals surface area contributed by atoms with Crippen LogP contribution in [0.25, 0.3) is 0 Å². The number of Topliss-reactive ketones (excluding diaryl/α,β-unsaturated/α-hetero) is 1. The van der Waals surface area contributed by atoms with Crippen molar-refractivity contribution in [1.29, 1.82) is 0 Å². The van der Waals surface area contributed by atoms with Crippen LogP contribution in [0.1, 0.15) is 24.2 Å². The van der Waals surface area contributed by atoms with Gasteiger partial charge in [-0.2, -0.15) is 0 Å². The second kappa shape index (κ2) is 3.91. The van der Waals surface area contributed by atoms with E-state index in [4.69, 9.17) is 5.73 Å². The SMILES string of the molecule is CC(=O)Nc1ccc(N)cc1C(C)=O. The topological polar surface area (TPSA) is 72.2 Å². The van der Waals surface area contributed by atoms with Gasteiger partial charge in [0.1, 0.15) is 0 Å². The van der Waals surface area contributed by atoms with Crippen LogP contribution in [0.5, 0.6) is 0 Å². The highest BCUT2D eigenvalue weighted by Crippen LogP contribution is 2.19. The zero-order chi connectivity index (χ0) is 10.7. The van der Waals surface area contributed by atoms with Crippen LogP contribution in [0.4, 0.5) is 11.4 Å². The van der Waals surface area contributed by atoms with Gasteiger partial charge < -0.3 is 11.1 Å². The van der Waals surface area contributed by atoms with Crippen molar-refractivity contribution in [1.82, 2.24) is 0 Å². The molecule has 74 valence electrons. The minimum Gasteiger partial charge on any atom is -0.399 e. The molecular formula is C10H12N2O2. The van der Waals surface area contributed by atoms with Crippen LogP contribution < -0.4 is 11.1 Å². The summed E-state index contributed by atoms with van der Waals surface area (Å²) in [6.45, 7) is 2.82. The number of anilines is 2. The van der Waals surface area contributed by atoms with E-state index in [1.165, 1.54) is 13.8 Å². The number of rotatable bonds is 2. The smallest absolute Gasteiger partial charge is 0.221 e. The molecule has 0 radical (unpaired) electrons. The highest BCUT2D eigenvalue weighted by Gasteiger charge is 2.08. The minimum absolute atomic E-state index is 0.124. The van der Waals surface area contributed by atoms with Gasteiger partial charge >= 0.3 is 0 Å².